The molecule has 0 spiro atoms. The predicted octanol–water partition coefficient (Wildman–Crippen LogP) is -0.483. The van der Waals surface area contributed by atoms with Gasteiger partial charge in [-0.2, -0.15) is 5.10 Å². The fraction of sp³-hybridized carbons (Fsp3) is 0.429. The zero-order chi connectivity index (χ0) is 9.84. The topological polar surface area (TPSA) is 86.5 Å². The highest BCUT2D eigenvalue weighted by molar-refractivity contribution is 6.29. The molecule has 0 saturated carbocycles. The Kier molecular flexibility index (Phi) is 3.56. The SMILES string of the molecule is OCC(O)C(O)c1ccc(Cl)nn1. The number of aliphatic hydroxyl groups is 3. The van der Waals surface area contributed by atoms with E-state index in [-0.39, 0.29) is 10.8 Å². The van der Waals surface area contributed by atoms with Crippen molar-refractivity contribution in [2.45, 2.75) is 12.2 Å². The summed E-state index contributed by atoms with van der Waals surface area (Å²) in [5.41, 5.74) is 0.172. The van der Waals surface area contributed by atoms with Gasteiger partial charge in [0.25, 0.3) is 0 Å². The van der Waals surface area contributed by atoms with E-state index in [2.05, 4.69) is 10.2 Å². The Bertz CT molecular complexity index is 267. The standard InChI is InChI=1S/C7H9ClN2O3/c8-6-2-1-4(9-10-6)7(13)5(12)3-11/h1-2,5,7,11-13H,3H2. The van der Waals surface area contributed by atoms with Gasteiger partial charge >= 0.3 is 0 Å². The number of hydrogen-bond donors (Lipinski definition) is 3. The minimum Gasteiger partial charge on any atom is -0.394 e. The zero-order valence-corrected chi connectivity index (χ0v) is 7.39. The average molecular weight is 205 g/mol. The van der Waals surface area contributed by atoms with Crippen LogP contribution in [0.15, 0.2) is 12.1 Å². The van der Waals surface area contributed by atoms with E-state index >= 15 is 0 Å². The van der Waals surface area contributed by atoms with Crippen molar-refractivity contribution in [2.75, 3.05) is 6.61 Å². The average Bonchev–Trinajstić information content (AvgIpc) is 2.17. The van der Waals surface area contributed by atoms with Crippen molar-refractivity contribution in [3.05, 3.63) is 23.0 Å². The highest BCUT2D eigenvalue weighted by Gasteiger charge is 2.18. The van der Waals surface area contributed by atoms with Crippen molar-refractivity contribution in [3.63, 3.8) is 0 Å². The van der Waals surface area contributed by atoms with E-state index in [9.17, 15) is 5.11 Å². The van der Waals surface area contributed by atoms with Crippen LogP contribution >= 0.6 is 11.6 Å². The highest BCUT2D eigenvalue weighted by atomic mass is 35.5. The Labute approximate surface area is 79.6 Å². The molecule has 2 atom stereocenters. The second-order valence-electron chi connectivity index (χ2n) is 2.48. The predicted molar refractivity (Wildman–Crippen MR) is 45.1 cm³/mol. The second kappa shape index (κ2) is 4.48. The molecular weight excluding hydrogens is 196 g/mol. The molecule has 72 valence electrons. The van der Waals surface area contributed by atoms with Crippen LogP contribution in [0.1, 0.15) is 11.8 Å². The van der Waals surface area contributed by atoms with Gasteiger partial charge in [0, 0.05) is 0 Å². The monoisotopic (exact) mass is 204 g/mol. The number of aliphatic hydroxyl groups excluding tert-OH is 3. The number of hydrogen-bond acceptors (Lipinski definition) is 5. The normalized spacial score (nSPS) is 15.4. The molecule has 6 heteroatoms. The first-order valence-electron chi connectivity index (χ1n) is 3.61. The van der Waals surface area contributed by atoms with Gasteiger partial charge in [-0.15, -0.1) is 5.10 Å². The molecule has 3 N–H and O–H groups in total. The van der Waals surface area contributed by atoms with Gasteiger partial charge in [-0.1, -0.05) is 11.6 Å². The third-order valence-electron chi connectivity index (χ3n) is 1.51. The maximum atomic E-state index is 9.32. The van der Waals surface area contributed by atoms with Gasteiger partial charge in [0.05, 0.1) is 12.3 Å². The van der Waals surface area contributed by atoms with Crippen LogP contribution in [0.4, 0.5) is 0 Å². The lowest BCUT2D eigenvalue weighted by Crippen LogP contribution is -2.23. The smallest absolute Gasteiger partial charge is 0.151 e. The van der Waals surface area contributed by atoms with Crippen molar-refractivity contribution in [1.82, 2.24) is 10.2 Å². The summed E-state index contributed by atoms with van der Waals surface area (Å²) in [6.45, 7) is -0.536. The lowest BCUT2D eigenvalue weighted by atomic mass is 10.1. The van der Waals surface area contributed by atoms with Crippen LogP contribution in [0.3, 0.4) is 0 Å². The summed E-state index contributed by atoms with van der Waals surface area (Å²) in [7, 11) is 0. The van der Waals surface area contributed by atoms with Gasteiger partial charge in [-0.25, -0.2) is 0 Å². The lowest BCUT2D eigenvalue weighted by Gasteiger charge is -2.13. The van der Waals surface area contributed by atoms with Crippen molar-refractivity contribution < 1.29 is 15.3 Å². The summed E-state index contributed by atoms with van der Waals surface area (Å²) in [4.78, 5) is 0. The van der Waals surface area contributed by atoms with Gasteiger partial charge in [-0.3, -0.25) is 0 Å². The Morgan fingerprint density at radius 3 is 2.46 bits per heavy atom. The largest absolute Gasteiger partial charge is 0.394 e. The summed E-state index contributed by atoms with van der Waals surface area (Å²) >= 11 is 5.46. The number of rotatable bonds is 3. The second-order valence-corrected chi connectivity index (χ2v) is 2.86. The van der Waals surface area contributed by atoms with Gasteiger partial charge in [0.15, 0.2) is 5.15 Å². The van der Waals surface area contributed by atoms with Crippen LogP contribution in [0.2, 0.25) is 5.15 Å². The molecule has 0 fully saturated rings. The van der Waals surface area contributed by atoms with Gasteiger partial charge in [-0.05, 0) is 12.1 Å². The molecule has 0 aromatic carbocycles. The van der Waals surface area contributed by atoms with Crippen molar-refractivity contribution in [3.8, 4) is 0 Å². The molecule has 0 bridgehead atoms. The van der Waals surface area contributed by atoms with Gasteiger partial charge in [0.2, 0.25) is 0 Å². The summed E-state index contributed by atoms with van der Waals surface area (Å²) in [6, 6.07) is 2.87. The fourth-order valence-corrected chi connectivity index (χ4v) is 0.882. The molecule has 0 aliphatic carbocycles. The van der Waals surface area contributed by atoms with E-state index in [0.717, 1.165) is 0 Å². The first-order chi connectivity index (χ1) is 6.15. The maximum absolute atomic E-state index is 9.32. The molecule has 1 heterocycles. The van der Waals surface area contributed by atoms with E-state index in [1.54, 1.807) is 0 Å². The van der Waals surface area contributed by atoms with Crippen molar-refractivity contribution in [1.29, 1.82) is 0 Å². The maximum Gasteiger partial charge on any atom is 0.151 e. The highest BCUT2D eigenvalue weighted by Crippen LogP contribution is 2.14. The minimum absolute atomic E-state index is 0.172. The molecule has 1 aromatic heterocycles. The number of aromatic nitrogens is 2. The molecule has 13 heavy (non-hydrogen) atoms. The molecule has 5 nitrogen and oxygen atoms in total. The minimum atomic E-state index is -1.25. The Hall–Kier alpha value is -0.750. The van der Waals surface area contributed by atoms with Crippen LogP contribution in [0, 0.1) is 0 Å². The first kappa shape index (κ1) is 10.3. The third-order valence-corrected chi connectivity index (χ3v) is 1.71. The van der Waals surface area contributed by atoms with E-state index in [1.807, 2.05) is 0 Å². The van der Waals surface area contributed by atoms with E-state index < -0.39 is 18.8 Å². The molecular formula is C7H9ClN2O3. The zero-order valence-electron chi connectivity index (χ0n) is 6.63. The van der Waals surface area contributed by atoms with Gasteiger partial charge < -0.3 is 15.3 Å². The molecule has 0 amide bonds. The van der Waals surface area contributed by atoms with E-state index in [4.69, 9.17) is 21.8 Å². The molecule has 0 aliphatic heterocycles. The van der Waals surface area contributed by atoms with Crippen LogP contribution in [0.5, 0.6) is 0 Å². The van der Waals surface area contributed by atoms with Crippen LogP contribution < -0.4 is 0 Å². The molecule has 0 radical (unpaired) electrons. The number of nitrogens with zero attached hydrogens (tertiary/aromatic N) is 2. The third kappa shape index (κ3) is 2.60. The van der Waals surface area contributed by atoms with E-state index in [1.165, 1.54) is 12.1 Å². The van der Waals surface area contributed by atoms with Crippen LogP contribution in [0.25, 0.3) is 0 Å². The lowest BCUT2D eigenvalue weighted by molar-refractivity contribution is -0.0176. The summed E-state index contributed by atoms with van der Waals surface area (Å²) in [6.07, 6.45) is -2.50. The molecule has 0 saturated heterocycles. The summed E-state index contributed by atoms with van der Waals surface area (Å²) < 4.78 is 0. The quantitative estimate of drug-likeness (QED) is 0.619. The summed E-state index contributed by atoms with van der Waals surface area (Å²) in [5.74, 6) is 0. The number of halogens is 1. The molecule has 0 aliphatic rings. The molecule has 1 aromatic rings. The Morgan fingerprint density at radius 2 is 2.00 bits per heavy atom. The van der Waals surface area contributed by atoms with E-state index in [0.29, 0.717) is 0 Å². The van der Waals surface area contributed by atoms with Crippen LogP contribution in [-0.4, -0.2) is 38.2 Å². The Balaban J connectivity index is 2.77. The first-order valence-corrected chi connectivity index (χ1v) is 3.99. The van der Waals surface area contributed by atoms with Gasteiger partial charge in [0.1, 0.15) is 12.2 Å². The van der Waals surface area contributed by atoms with Crippen molar-refractivity contribution in [2.24, 2.45) is 0 Å². The van der Waals surface area contributed by atoms with Crippen molar-refractivity contribution >= 4 is 11.6 Å². The Morgan fingerprint density at radius 1 is 1.31 bits per heavy atom. The molecule has 1 rings (SSSR count). The summed E-state index contributed by atoms with van der Waals surface area (Å²) in [5, 5.41) is 34.1. The molecule has 2 unspecified atom stereocenters. The fourth-order valence-electron chi connectivity index (χ4n) is 0.781. The van der Waals surface area contributed by atoms with Crippen LogP contribution in [-0.2, 0) is 0 Å².